The van der Waals surface area contributed by atoms with Gasteiger partial charge in [-0.15, -0.1) is 0 Å². The van der Waals surface area contributed by atoms with Crippen LogP contribution in [0, 0.1) is 0 Å². The zero-order chi connectivity index (χ0) is 6.69. The third-order valence-electron chi connectivity index (χ3n) is 0.833. The molecule has 0 radical (unpaired) electrons. The fourth-order valence-corrected chi connectivity index (χ4v) is 0.649. The van der Waals surface area contributed by atoms with Crippen LogP contribution in [0.5, 0.6) is 0 Å². The second-order valence-corrected chi connectivity index (χ2v) is 2.57. The molecule has 0 aliphatic heterocycles. The van der Waals surface area contributed by atoms with Crippen LogP contribution >= 0.6 is 23.2 Å². The Kier molecular flexibility index (Phi) is 2.25. The van der Waals surface area contributed by atoms with Crippen LogP contribution in [0.1, 0.15) is 10.4 Å². The minimum atomic E-state index is -0.522. The van der Waals surface area contributed by atoms with Crippen molar-refractivity contribution in [2.75, 3.05) is 0 Å². The summed E-state index contributed by atoms with van der Waals surface area (Å²) in [5.41, 5.74) is 0.723. The van der Waals surface area contributed by atoms with Gasteiger partial charge < -0.3 is 0 Å². The number of alkyl halides is 2. The van der Waals surface area contributed by atoms with E-state index in [-0.39, 0.29) is 0 Å². The van der Waals surface area contributed by atoms with Crippen molar-refractivity contribution in [2.45, 2.75) is 4.84 Å². The van der Waals surface area contributed by atoms with Gasteiger partial charge in [0.25, 0.3) is 0 Å². The van der Waals surface area contributed by atoms with Crippen LogP contribution in [0.25, 0.3) is 0 Å². The van der Waals surface area contributed by atoms with E-state index in [9.17, 15) is 0 Å². The fraction of sp³-hybridized carbons (Fsp3) is 0.200. The molecule has 1 aromatic heterocycles. The molecule has 0 bridgehead atoms. The minimum absolute atomic E-state index is 0.522. The Hall–Kier alpha value is -0.340. The number of rotatable bonds is 1. The highest BCUT2D eigenvalue weighted by Crippen LogP contribution is 2.21. The maximum atomic E-state index is 5.49. The van der Waals surface area contributed by atoms with Crippen molar-refractivity contribution in [1.82, 2.24) is 9.97 Å². The Bertz CT molecular complexity index is 176. The lowest BCUT2D eigenvalue weighted by atomic mass is 10.4. The lowest BCUT2D eigenvalue weighted by molar-refractivity contribution is 1.11. The van der Waals surface area contributed by atoms with Crippen LogP contribution in [0.3, 0.4) is 0 Å². The maximum absolute atomic E-state index is 5.49. The molecule has 0 saturated heterocycles. The van der Waals surface area contributed by atoms with Gasteiger partial charge in [0, 0.05) is 18.0 Å². The van der Waals surface area contributed by atoms with Gasteiger partial charge in [-0.2, -0.15) is 0 Å². The van der Waals surface area contributed by atoms with E-state index in [1.165, 1.54) is 6.33 Å². The highest BCUT2D eigenvalue weighted by Gasteiger charge is 2.00. The lowest BCUT2D eigenvalue weighted by Crippen LogP contribution is -1.83. The molecule has 48 valence electrons. The summed E-state index contributed by atoms with van der Waals surface area (Å²) in [6.07, 6.45) is 4.59. The van der Waals surface area contributed by atoms with Gasteiger partial charge in [-0.25, -0.2) is 9.97 Å². The van der Waals surface area contributed by atoms with E-state index in [2.05, 4.69) is 9.97 Å². The SMILES string of the molecule is ClC(Cl)c1cncnc1. The van der Waals surface area contributed by atoms with Crippen molar-refractivity contribution in [3.05, 3.63) is 24.3 Å². The number of hydrogen-bond acceptors (Lipinski definition) is 2. The highest BCUT2D eigenvalue weighted by molar-refractivity contribution is 6.44. The monoisotopic (exact) mass is 162 g/mol. The van der Waals surface area contributed by atoms with E-state index < -0.39 is 4.84 Å². The summed E-state index contributed by atoms with van der Waals surface area (Å²) in [4.78, 5) is 6.93. The van der Waals surface area contributed by atoms with Gasteiger partial charge in [0.15, 0.2) is 0 Å². The fourth-order valence-electron chi connectivity index (χ4n) is 0.423. The van der Waals surface area contributed by atoms with Crippen molar-refractivity contribution >= 4 is 23.2 Å². The van der Waals surface area contributed by atoms with Crippen molar-refractivity contribution in [3.8, 4) is 0 Å². The third kappa shape index (κ3) is 1.80. The Morgan fingerprint density at radius 2 is 1.78 bits per heavy atom. The summed E-state index contributed by atoms with van der Waals surface area (Å²) in [6.45, 7) is 0. The summed E-state index contributed by atoms with van der Waals surface area (Å²) in [5, 5.41) is 0. The third-order valence-corrected chi connectivity index (χ3v) is 1.34. The number of aromatic nitrogens is 2. The lowest BCUT2D eigenvalue weighted by Gasteiger charge is -1.95. The van der Waals surface area contributed by atoms with Gasteiger partial charge in [-0.3, -0.25) is 0 Å². The van der Waals surface area contributed by atoms with Gasteiger partial charge in [0.05, 0.1) is 0 Å². The van der Waals surface area contributed by atoms with Crippen LogP contribution in [0.2, 0.25) is 0 Å². The average molecular weight is 163 g/mol. The molecule has 1 aromatic rings. The molecule has 0 aliphatic rings. The van der Waals surface area contributed by atoms with E-state index in [0.717, 1.165) is 5.56 Å². The Labute approximate surface area is 62.8 Å². The van der Waals surface area contributed by atoms with Gasteiger partial charge in [0.2, 0.25) is 0 Å². The molecule has 0 fully saturated rings. The van der Waals surface area contributed by atoms with E-state index in [0.29, 0.717) is 0 Å². The molecule has 9 heavy (non-hydrogen) atoms. The predicted molar refractivity (Wildman–Crippen MR) is 36.5 cm³/mol. The van der Waals surface area contributed by atoms with Crippen molar-refractivity contribution in [2.24, 2.45) is 0 Å². The van der Waals surface area contributed by atoms with Gasteiger partial charge >= 0.3 is 0 Å². The minimum Gasteiger partial charge on any atom is -0.244 e. The second-order valence-electron chi connectivity index (χ2n) is 1.47. The topological polar surface area (TPSA) is 25.8 Å². The standard InChI is InChI=1S/C5H4Cl2N2/c6-5(7)4-1-8-3-9-2-4/h1-3,5H. The van der Waals surface area contributed by atoms with Crippen molar-refractivity contribution in [3.63, 3.8) is 0 Å². The molecule has 4 heteroatoms. The van der Waals surface area contributed by atoms with Crippen LogP contribution in [-0.2, 0) is 0 Å². The van der Waals surface area contributed by atoms with E-state index in [1.54, 1.807) is 12.4 Å². The highest BCUT2D eigenvalue weighted by atomic mass is 35.5. The van der Waals surface area contributed by atoms with Gasteiger partial charge in [-0.1, -0.05) is 23.2 Å². The van der Waals surface area contributed by atoms with Crippen LogP contribution in [0.15, 0.2) is 18.7 Å². The molecular formula is C5H4Cl2N2. The summed E-state index contributed by atoms with van der Waals surface area (Å²) in [6, 6.07) is 0. The quantitative estimate of drug-likeness (QED) is 0.591. The summed E-state index contributed by atoms with van der Waals surface area (Å²) < 4.78 is 0. The summed E-state index contributed by atoms with van der Waals surface area (Å²) in [7, 11) is 0. The summed E-state index contributed by atoms with van der Waals surface area (Å²) >= 11 is 11.0. The molecule has 2 nitrogen and oxygen atoms in total. The molecule has 0 saturated carbocycles. The van der Waals surface area contributed by atoms with E-state index in [1.807, 2.05) is 0 Å². The number of hydrogen-bond donors (Lipinski definition) is 0. The molecule has 1 rings (SSSR count). The van der Waals surface area contributed by atoms with Crippen molar-refractivity contribution in [1.29, 1.82) is 0 Å². The van der Waals surface area contributed by atoms with Crippen LogP contribution < -0.4 is 0 Å². The molecule has 0 amide bonds. The maximum Gasteiger partial charge on any atom is 0.135 e. The van der Waals surface area contributed by atoms with E-state index in [4.69, 9.17) is 23.2 Å². The first-order chi connectivity index (χ1) is 4.30. The molecule has 1 heterocycles. The number of nitrogens with zero attached hydrogens (tertiary/aromatic N) is 2. The first-order valence-electron chi connectivity index (χ1n) is 2.34. The Morgan fingerprint density at radius 3 is 2.11 bits per heavy atom. The zero-order valence-corrected chi connectivity index (χ0v) is 5.97. The largest absolute Gasteiger partial charge is 0.244 e. The van der Waals surface area contributed by atoms with Gasteiger partial charge in [0.1, 0.15) is 11.2 Å². The molecule has 0 unspecified atom stereocenters. The normalized spacial score (nSPS) is 10.1. The van der Waals surface area contributed by atoms with Gasteiger partial charge in [-0.05, 0) is 0 Å². The van der Waals surface area contributed by atoms with Crippen LogP contribution in [0.4, 0.5) is 0 Å². The average Bonchev–Trinajstić information content (AvgIpc) is 1.90. The first-order valence-corrected chi connectivity index (χ1v) is 3.21. The predicted octanol–water partition coefficient (Wildman–Crippen LogP) is 1.95. The summed E-state index contributed by atoms with van der Waals surface area (Å²) in [5.74, 6) is 0. The first kappa shape index (κ1) is 6.78. The zero-order valence-electron chi connectivity index (χ0n) is 4.46. The van der Waals surface area contributed by atoms with Crippen LogP contribution in [-0.4, -0.2) is 9.97 Å². The second kappa shape index (κ2) is 2.99. The number of halogens is 2. The molecule has 0 aromatic carbocycles. The molecular weight excluding hydrogens is 159 g/mol. The van der Waals surface area contributed by atoms with E-state index >= 15 is 0 Å². The molecule has 0 N–H and O–H groups in total. The molecule has 0 atom stereocenters. The smallest absolute Gasteiger partial charge is 0.135 e. The Morgan fingerprint density at radius 1 is 1.22 bits per heavy atom. The molecule has 0 spiro atoms. The van der Waals surface area contributed by atoms with Crippen molar-refractivity contribution < 1.29 is 0 Å². The molecule has 0 aliphatic carbocycles. The Balaban J connectivity index is 2.85.